The summed E-state index contributed by atoms with van der Waals surface area (Å²) in [6.45, 7) is 5.08. The molecular weight excluding hydrogens is 416 g/mol. The van der Waals surface area contributed by atoms with E-state index >= 15 is 0 Å². The van der Waals surface area contributed by atoms with Crippen molar-refractivity contribution in [2.75, 3.05) is 6.61 Å². The van der Waals surface area contributed by atoms with Gasteiger partial charge in [0.25, 0.3) is 0 Å². The van der Waals surface area contributed by atoms with Gasteiger partial charge in [0.05, 0.1) is 17.6 Å². The Bertz CT molecular complexity index is 1120. The van der Waals surface area contributed by atoms with Gasteiger partial charge in [-0.1, -0.05) is 34.1 Å². The zero-order valence-electron chi connectivity index (χ0n) is 15.8. The second-order valence-electron chi connectivity index (χ2n) is 6.62. The molecule has 4 rings (SSSR count). The number of rotatable bonds is 6. The highest BCUT2D eigenvalue weighted by molar-refractivity contribution is 9.10. The molecule has 4 nitrogen and oxygen atoms in total. The van der Waals surface area contributed by atoms with Crippen molar-refractivity contribution in [1.82, 2.24) is 9.97 Å². The van der Waals surface area contributed by atoms with E-state index in [2.05, 4.69) is 40.0 Å². The summed E-state index contributed by atoms with van der Waals surface area (Å²) in [4.78, 5) is 8.09. The molecule has 142 valence electrons. The Morgan fingerprint density at radius 2 is 1.86 bits per heavy atom. The molecule has 0 spiro atoms. The second-order valence-corrected chi connectivity index (χ2v) is 7.53. The number of ether oxygens (including phenoxy) is 2. The minimum absolute atomic E-state index is 0.475. The normalized spacial score (nSPS) is 11.0. The first-order valence-corrected chi connectivity index (χ1v) is 10.0. The third kappa shape index (κ3) is 4.04. The number of nitrogens with one attached hydrogen (secondary N) is 1. The van der Waals surface area contributed by atoms with E-state index in [1.807, 2.05) is 55.5 Å². The van der Waals surface area contributed by atoms with Gasteiger partial charge in [0.15, 0.2) is 11.5 Å². The number of hydrogen-bond acceptors (Lipinski definition) is 3. The fourth-order valence-corrected chi connectivity index (χ4v) is 3.54. The fourth-order valence-electron chi connectivity index (χ4n) is 3.09. The number of halogens is 1. The lowest BCUT2D eigenvalue weighted by molar-refractivity contribution is 0.269. The monoisotopic (exact) mass is 436 g/mol. The van der Waals surface area contributed by atoms with Crippen LogP contribution in [0.25, 0.3) is 22.4 Å². The molecule has 0 saturated heterocycles. The lowest BCUT2D eigenvalue weighted by Crippen LogP contribution is -2.00. The van der Waals surface area contributed by atoms with Crippen LogP contribution in [-0.4, -0.2) is 16.6 Å². The van der Waals surface area contributed by atoms with Gasteiger partial charge in [0, 0.05) is 10.0 Å². The van der Waals surface area contributed by atoms with Crippen molar-refractivity contribution in [3.8, 4) is 22.9 Å². The highest BCUT2D eigenvalue weighted by Gasteiger charge is 2.11. The summed E-state index contributed by atoms with van der Waals surface area (Å²) in [5, 5.41) is 0. The maximum Gasteiger partial charge on any atom is 0.161 e. The third-order valence-electron chi connectivity index (χ3n) is 4.44. The molecular formula is C23H21BrN2O2. The minimum Gasteiger partial charge on any atom is -0.490 e. The molecule has 0 aliphatic carbocycles. The van der Waals surface area contributed by atoms with Gasteiger partial charge < -0.3 is 14.5 Å². The lowest BCUT2D eigenvalue weighted by atomic mass is 10.2. The van der Waals surface area contributed by atoms with Crippen molar-refractivity contribution >= 4 is 27.0 Å². The smallest absolute Gasteiger partial charge is 0.161 e. The van der Waals surface area contributed by atoms with Gasteiger partial charge in [0.2, 0.25) is 0 Å². The SMILES string of the molecule is CCOc1cc(-c2nc3ccc(C)cc3[nH]2)ccc1OCc1cccc(Br)c1. The van der Waals surface area contributed by atoms with Crippen molar-refractivity contribution in [2.24, 2.45) is 0 Å². The van der Waals surface area contributed by atoms with E-state index in [9.17, 15) is 0 Å². The molecule has 4 aromatic rings. The Hall–Kier alpha value is -2.79. The van der Waals surface area contributed by atoms with Crippen LogP contribution < -0.4 is 9.47 Å². The van der Waals surface area contributed by atoms with Crippen molar-refractivity contribution in [3.63, 3.8) is 0 Å². The fraction of sp³-hybridized carbons (Fsp3) is 0.174. The lowest BCUT2D eigenvalue weighted by Gasteiger charge is -2.13. The molecule has 0 atom stereocenters. The van der Waals surface area contributed by atoms with Gasteiger partial charge in [0.1, 0.15) is 12.4 Å². The van der Waals surface area contributed by atoms with Crippen LogP contribution in [0.5, 0.6) is 11.5 Å². The summed E-state index contributed by atoms with van der Waals surface area (Å²) in [5.74, 6) is 2.25. The average molecular weight is 437 g/mol. The number of imidazole rings is 1. The molecule has 5 heteroatoms. The number of benzene rings is 3. The van der Waals surface area contributed by atoms with Crippen molar-refractivity contribution < 1.29 is 9.47 Å². The number of nitrogens with zero attached hydrogens (tertiary/aromatic N) is 1. The van der Waals surface area contributed by atoms with E-state index in [1.165, 1.54) is 5.56 Å². The highest BCUT2D eigenvalue weighted by atomic mass is 79.9. The van der Waals surface area contributed by atoms with Crippen molar-refractivity contribution in [3.05, 3.63) is 76.3 Å². The van der Waals surface area contributed by atoms with Crippen molar-refractivity contribution in [1.29, 1.82) is 0 Å². The number of fused-ring (bicyclic) bond motifs is 1. The number of aromatic amines is 1. The van der Waals surface area contributed by atoms with E-state index in [0.29, 0.717) is 19.0 Å². The van der Waals surface area contributed by atoms with Gasteiger partial charge >= 0.3 is 0 Å². The topological polar surface area (TPSA) is 47.1 Å². The number of aryl methyl sites for hydroxylation is 1. The summed E-state index contributed by atoms with van der Waals surface area (Å²) in [5.41, 5.74) is 5.24. The maximum absolute atomic E-state index is 6.02. The Morgan fingerprint density at radius 3 is 2.68 bits per heavy atom. The third-order valence-corrected chi connectivity index (χ3v) is 4.93. The second kappa shape index (κ2) is 8.07. The number of hydrogen-bond donors (Lipinski definition) is 1. The predicted octanol–water partition coefficient (Wildman–Crippen LogP) is 6.28. The van der Waals surface area contributed by atoms with Crippen LogP contribution in [0.15, 0.2) is 65.1 Å². The molecule has 1 heterocycles. The molecule has 0 amide bonds. The molecule has 0 radical (unpaired) electrons. The predicted molar refractivity (Wildman–Crippen MR) is 116 cm³/mol. The van der Waals surface area contributed by atoms with Crippen LogP contribution in [0.2, 0.25) is 0 Å². The van der Waals surface area contributed by atoms with Gasteiger partial charge in [-0.25, -0.2) is 4.98 Å². The molecule has 0 unspecified atom stereocenters. The van der Waals surface area contributed by atoms with Gasteiger partial charge in [-0.15, -0.1) is 0 Å². The summed E-state index contributed by atoms with van der Waals surface area (Å²) in [6.07, 6.45) is 0. The first-order valence-electron chi connectivity index (χ1n) is 9.23. The largest absolute Gasteiger partial charge is 0.490 e. The summed E-state index contributed by atoms with van der Waals surface area (Å²) < 4.78 is 12.9. The molecule has 1 N–H and O–H groups in total. The van der Waals surface area contributed by atoms with E-state index < -0.39 is 0 Å². The van der Waals surface area contributed by atoms with Gasteiger partial charge in [-0.3, -0.25) is 0 Å². The highest BCUT2D eigenvalue weighted by Crippen LogP contribution is 2.33. The van der Waals surface area contributed by atoms with E-state index in [-0.39, 0.29) is 0 Å². The molecule has 28 heavy (non-hydrogen) atoms. The van der Waals surface area contributed by atoms with Crippen LogP contribution in [0.3, 0.4) is 0 Å². The zero-order chi connectivity index (χ0) is 19.5. The Labute approximate surface area is 172 Å². The first kappa shape index (κ1) is 18.6. The summed E-state index contributed by atoms with van der Waals surface area (Å²) in [6, 6.07) is 20.2. The molecule has 1 aromatic heterocycles. The molecule has 0 fully saturated rings. The molecule has 0 aliphatic rings. The average Bonchev–Trinajstić information content (AvgIpc) is 3.10. The van der Waals surface area contributed by atoms with E-state index in [4.69, 9.17) is 14.5 Å². The van der Waals surface area contributed by atoms with Crippen LogP contribution in [0.1, 0.15) is 18.1 Å². The van der Waals surface area contributed by atoms with Gasteiger partial charge in [-0.2, -0.15) is 0 Å². The number of aromatic nitrogens is 2. The minimum atomic E-state index is 0.475. The summed E-state index contributed by atoms with van der Waals surface area (Å²) >= 11 is 3.49. The standard InChI is InChI=1S/C23H21BrN2O2/c1-3-27-22-13-17(23-25-19-9-7-15(2)11-20(19)26-23)8-10-21(22)28-14-16-5-4-6-18(24)12-16/h4-13H,3,14H2,1-2H3,(H,25,26). The first-order chi connectivity index (χ1) is 13.6. The zero-order valence-corrected chi connectivity index (χ0v) is 17.4. The summed E-state index contributed by atoms with van der Waals surface area (Å²) in [7, 11) is 0. The number of H-pyrrole nitrogens is 1. The molecule has 0 bridgehead atoms. The Balaban J connectivity index is 1.61. The van der Waals surface area contributed by atoms with Crippen LogP contribution in [0, 0.1) is 6.92 Å². The van der Waals surface area contributed by atoms with Crippen LogP contribution in [0.4, 0.5) is 0 Å². The van der Waals surface area contributed by atoms with Crippen LogP contribution >= 0.6 is 15.9 Å². The Kier molecular flexibility index (Phi) is 5.35. The van der Waals surface area contributed by atoms with E-state index in [1.54, 1.807) is 0 Å². The Morgan fingerprint density at radius 1 is 0.964 bits per heavy atom. The molecule has 3 aromatic carbocycles. The van der Waals surface area contributed by atoms with Crippen molar-refractivity contribution in [2.45, 2.75) is 20.5 Å². The molecule has 0 aliphatic heterocycles. The van der Waals surface area contributed by atoms with E-state index in [0.717, 1.165) is 38.2 Å². The maximum atomic E-state index is 6.02. The molecule has 0 saturated carbocycles. The van der Waals surface area contributed by atoms with Gasteiger partial charge in [-0.05, 0) is 67.4 Å². The van der Waals surface area contributed by atoms with Crippen LogP contribution in [-0.2, 0) is 6.61 Å². The quantitative estimate of drug-likeness (QED) is 0.386.